The van der Waals surface area contributed by atoms with Crippen molar-refractivity contribution in [3.63, 3.8) is 0 Å². The van der Waals surface area contributed by atoms with Gasteiger partial charge in [0.05, 0.1) is 5.56 Å². The van der Waals surface area contributed by atoms with Gasteiger partial charge in [0.15, 0.2) is 5.78 Å². The summed E-state index contributed by atoms with van der Waals surface area (Å²) in [5.41, 5.74) is 2.79. The van der Waals surface area contributed by atoms with Gasteiger partial charge in [-0.1, -0.05) is 17.7 Å². The first-order valence-electron chi connectivity index (χ1n) is 5.97. The van der Waals surface area contributed by atoms with E-state index in [1.165, 1.54) is 0 Å². The minimum atomic E-state index is -0.703. The van der Waals surface area contributed by atoms with Gasteiger partial charge in [-0.3, -0.25) is 4.79 Å². The van der Waals surface area contributed by atoms with Gasteiger partial charge in [0.1, 0.15) is 11.6 Å². The van der Waals surface area contributed by atoms with Gasteiger partial charge in [-0.15, -0.1) is 0 Å². The van der Waals surface area contributed by atoms with Crippen LogP contribution in [-0.2, 0) is 0 Å². The van der Waals surface area contributed by atoms with Crippen LogP contribution in [-0.4, -0.2) is 5.78 Å². The third-order valence-electron chi connectivity index (χ3n) is 3.08. The Hall–Kier alpha value is -2.03. The van der Waals surface area contributed by atoms with Crippen molar-refractivity contribution in [2.24, 2.45) is 0 Å². The minimum absolute atomic E-state index is 0.227. The summed E-state index contributed by atoms with van der Waals surface area (Å²) in [7, 11) is 0. The average molecular weight is 260 g/mol. The molecule has 0 aliphatic rings. The number of aryl methyl sites for hydroxylation is 3. The van der Waals surface area contributed by atoms with Gasteiger partial charge in [-0.2, -0.15) is 0 Å². The molecule has 0 aromatic heterocycles. The lowest BCUT2D eigenvalue weighted by atomic mass is 9.93. The van der Waals surface area contributed by atoms with E-state index < -0.39 is 17.4 Å². The fraction of sp³-hybridized carbons (Fsp3) is 0.188. The predicted molar refractivity (Wildman–Crippen MR) is 70.4 cm³/mol. The van der Waals surface area contributed by atoms with Crippen LogP contribution < -0.4 is 0 Å². The maximum Gasteiger partial charge on any atom is 0.196 e. The zero-order chi connectivity index (χ0) is 14.2. The van der Waals surface area contributed by atoms with Crippen molar-refractivity contribution in [3.8, 4) is 0 Å². The van der Waals surface area contributed by atoms with Crippen molar-refractivity contribution in [1.29, 1.82) is 0 Å². The van der Waals surface area contributed by atoms with Crippen LogP contribution in [0, 0.1) is 32.4 Å². The normalized spacial score (nSPS) is 10.6. The topological polar surface area (TPSA) is 17.1 Å². The summed E-state index contributed by atoms with van der Waals surface area (Å²) < 4.78 is 26.8. The molecule has 2 aromatic carbocycles. The van der Waals surface area contributed by atoms with E-state index in [0.29, 0.717) is 5.56 Å². The standard InChI is InChI=1S/C16H14F2O/c1-9-6-10(2)15(11(3)7-9)16(19)13-8-12(17)4-5-14(13)18/h4-8H,1-3H3. The summed E-state index contributed by atoms with van der Waals surface area (Å²) in [5.74, 6) is -1.80. The Morgan fingerprint density at radius 2 is 1.53 bits per heavy atom. The lowest BCUT2D eigenvalue weighted by Crippen LogP contribution is -2.09. The first kappa shape index (κ1) is 13.4. The fourth-order valence-electron chi connectivity index (χ4n) is 2.34. The van der Waals surface area contributed by atoms with Crippen molar-refractivity contribution < 1.29 is 13.6 Å². The van der Waals surface area contributed by atoms with Crippen LogP contribution in [0.4, 0.5) is 8.78 Å². The van der Waals surface area contributed by atoms with Gasteiger partial charge in [0.25, 0.3) is 0 Å². The second-order valence-electron chi connectivity index (χ2n) is 4.73. The summed E-state index contributed by atoms with van der Waals surface area (Å²) in [6.07, 6.45) is 0. The van der Waals surface area contributed by atoms with E-state index in [0.717, 1.165) is 34.9 Å². The lowest BCUT2D eigenvalue weighted by Gasteiger charge is -2.11. The number of halogens is 2. The molecule has 98 valence electrons. The Bertz CT molecular complexity index is 637. The highest BCUT2D eigenvalue weighted by atomic mass is 19.1. The number of hydrogen-bond donors (Lipinski definition) is 0. The Kier molecular flexibility index (Phi) is 3.47. The molecule has 0 unspecified atom stereocenters. The van der Waals surface area contributed by atoms with Gasteiger partial charge in [0.2, 0.25) is 0 Å². The van der Waals surface area contributed by atoms with Crippen LogP contribution in [0.15, 0.2) is 30.3 Å². The van der Waals surface area contributed by atoms with Crippen LogP contribution in [0.3, 0.4) is 0 Å². The highest BCUT2D eigenvalue weighted by Crippen LogP contribution is 2.22. The van der Waals surface area contributed by atoms with Crippen molar-refractivity contribution in [2.45, 2.75) is 20.8 Å². The summed E-state index contributed by atoms with van der Waals surface area (Å²) in [6.45, 7) is 5.52. The van der Waals surface area contributed by atoms with Crippen LogP contribution in [0.5, 0.6) is 0 Å². The molecule has 2 aromatic rings. The van der Waals surface area contributed by atoms with E-state index in [1.54, 1.807) is 13.8 Å². The van der Waals surface area contributed by atoms with Gasteiger partial charge in [-0.25, -0.2) is 8.78 Å². The molecule has 0 aliphatic carbocycles. The second kappa shape index (κ2) is 4.92. The van der Waals surface area contributed by atoms with Gasteiger partial charge < -0.3 is 0 Å². The number of carbonyl (C=O) groups excluding carboxylic acids is 1. The van der Waals surface area contributed by atoms with Crippen molar-refractivity contribution in [3.05, 3.63) is 69.8 Å². The molecule has 0 saturated carbocycles. The molecule has 0 atom stereocenters. The van der Waals surface area contributed by atoms with Gasteiger partial charge in [-0.05, 0) is 50.1 Å². The zero-order valence-corrected chi connectivity index (χ0v) is 11.1. The zero-order valence-electron chi connectivity index (χ0n) is 11.1. The van der Waals surface area contributed by atoms with Crippen LogP contribution in [0.1, 0.15) is 32.6 Å². The van der Waals surface area contributed by atoms with Gasteiger partial charge in [0, 0.05) is 5.56 Å². The molecule has 0 spiro atoms. The molecule has 0 amide bonds. The smallest absolute Gasteiger partial charge is 0.196 e. The lowest BCUT2D eigenvalue weighted by molar-refractivity contribution is 0.103. The third kappa shape index (κ3) is 2.55. The summed E-state index contributed by atoms with van der Waals surface area (Å²) in [5, 5.41) is 0. The van der Waals surface area contributed by atoms with Crippen molar-refractivity contribution in [1.82, 2.24) is 0 Å². The second-order valence-corrected chi connectivity index (χ2v) is 4.73. The third-order valence-corrected chi connectivity index (χ3v) is 3.08. The molecule has 0 N–H and O–H groups in total. The molecule has 0 heterocycles. The summed E-state index contributed by atoms with van der Waals surface area (Å²) >= 11 is 0. The first-order valence-corrected chi connectivity index (χ1v) is 5.97. The maximum atomic E-state index is 13.7. The van der Waals surface area contributed by atoms with Gasteiger partial charge >= 0.3 is 0 Å². The Balaban J connectivity index is 2.59. The molecule has 2 rings (SSSR count). The maximum absolute atomic E-state index is 13.7. The number of ketones is 1. The number of hydrogen-bond acceptors (Lipinski definition) is 1. The fourth-order valence-corrected chi connectivity index (χ4v) is 2.34. The molecule has 0 aliphatic heterocycles. The highest BCUT2D eigenvalue weighted by Gasteiger charge is 2.19. The molecular weight excluding hydrogens is 246 g/mol. The minimum Gasteiger partial charge on any atom is -0.288 e. The predicted octanol–water partition coefficient (Wildman–Crippen LogP) is 4.12. The number of rotatable bonds is 2. The number of benzene rings is 2. The molecule has 0 saturated heterocycles. The van der Waals surface area contributed by atoms with E-state index in [2.05, 4.69) is 0 Å². The largest absolute Gasteiger partial charge is 0.288 e. The average Bonchev–Trinajstić information content (AvgIpc) is 2.30. The Morgan fingerprint density at radius 1 is 0.947 bits per heavy atom. The van der Waals surface area contributed by atoms with Crippen molar-refractivity contribution in [2.75, 3.05) is 0 Å². The SMILES string of the molecule is Cc1cc(C)c(C(=O)c2cc(F)ccc2F)c(C)c1. The molecule has 0 fully saturated rings. The van der Waals surface area contributed by atoms with Crippen LogP contribution in [0.25, 0.3) is 0 Å². The first-order chi connectivity index (χ1) is 8.90. The van der Waals surface area contributed by atoms with E-state index in [1.807, 2.05) is 19.1 Å². The monoisotopic (exact) mass is 260 g/mol. The Morgan fingerprint density at radius 3 is 2.11 bits per heavy atom. The van der Waals surface area contributed by atoms with E-state index >= 15 is 0 Å². The highest BCUT2D eigenvalue weighted by molar-refractivity contribution is 6.11. The van der Waals surface area contributed by atoms with E-state index in [9.17, 15) is 13.6 Å². The van der Waals surface area contributed by atoms with Crippen molar-refractivity contribution >= 4 is 5.78 Å². The summed E-state index contributed by atoms with van der Waals surface area (Å²) in [6, 6.07) is 6.63. The summed E-state index contributed by atoms with van der Waals surface area (Å²) in [4.78, 5) is 12.4. The molecule has 0 radical (unpaired) electrons. The Labute approximate surface area is 110 Å². The molecule has 0 bridgehead atoms. The van der Waals surface area contributed by atoms with E-state index in [4.69, 9.17) is 0 Å². The van der Waals surface area contributed by atoms with E-state index in [-0.39, 0.29) is 5.56 Å². The molecule has 1 nitrogen and oxygen atoms in total. The van der Waals surface area contributed by atoms with Crippen LogP contribution >= 0.6 is 0 Å². The van der Waals surface area contributed by atoms with Crippen LogP contribution in [0.2, 0.25) is 0 Å². The molecule has 3 heteroatoms. The molecule has 19 heavy (non-hydrogen) atoms. The number of carbonyl (C=O) groups is 1. The quantitative estimate of drug-likeness (QED) is 0.742. The molecular formula is C16H14F2O.